The summed E-state index contributed by atoms with van der Waals surface area (Å²) in [4.78, 5) is 22.2. The number of rotatable bonds is 6. The highest BCUT2D eigenvalue weighted by Gasteiger charge is 2.32. The van der Waals surface area contributed by atoms with Gasteiger partial charge in [-0.25, -0.2) is 0 Å². The zero-order valence-electron chi connectivity index (χ0n) is 12.5. The highest BCUT2D eigenvalue weighted by molar-refractivity contribution is 8.15. The molecule has 1 saturated heterocycles. The summed E-state index contributed by atoms with van der Waals surface area (Å²) in [5.41, 5.74) is 0.660. The van der Waals surface area contributed by atoms with Crippen LogP contribution in [0.25, 0.3) is 0 Å². The van der Waals surface area contributed by atoms with Crippen molar-refractivity contribution in [2.45, 2.75) is 11.7 Å². The maximum Gasteiger partial charge on any atom is 0.305 e. The quantitative estimate of drug-likeness (QED) is 0.594. The predicted molar refractivity (Wildman–Crippen MR) is 86.3 cm³/mol. The first-order valence-corrected chi connectivity index (χ1v) is 7.44. The molecule has 0 unspecified atom stereocenters. The number of carbonyl (C=O) groups is 2. The number of carboxylic acid groups (broad SMARTS) is 1. The minimum Gasteiger partial charge on any atom is -0.497 e. The lowest BCUT2D eigenvalue weighted by Gasteiger charge is -2.06. The Morgan fingerprint density at radius 2 is 2.22 bits per heavy atom. The third kappa shape index (κ3) is 4.46. The summed E-state index contributed by atoms with van der Waals surface area (Å²) < 4.78 is 10.3. The Hall–Kier alpha value is -2.55. The van der Waals surface area contributed by atoms with E-state index in [1.807, 2.05) is 0 Å². The normalized spacial score (nSPS) is 19.1. The number of hydrogen-bond acceptors (Lipinski definition) is 7. The number of nitrogens with zero attached hydrogens (tertiary/aromatic N) is 2. The number of ether oxygens (including phenoxy) is 2. The number of benzene rings is 1. The molecule has 1 fully saturated rings. The second-order valence-electron chi connectivity index (χ2n) is 4.45. The van der Waals surface area contributed by atoms with Gasteiger partial charge in [0.25, 0.3) is 0 Å². The molecule has 1 amide bonds. The molecule has 1 heterocycles. The molecular formula is C14H15N3O5S. The molecule has 0 saturated carbocycles. The lowest BCUT2D eigenvalue weighted by molar-refractivity contribution is -0.138. The van der Waals surface area contributed by atoms with Gasteiger partial charge in [0.15, 0.2) is 5.17 Å². The number of aliphatic carboxylic acids is 1. The van der Waals surface area contributed by atoms with E-state index in [2.05, 4.69) is 15.5 Å². The lowest BCUT2D eigenvalue weighted by atomic mass is 10.2. The summed E-state index contributed by atoms with van der Waals surface area (Å²) in [5.74, 6) is -0.180. The standard InChI is InChI=1S/C14H15N3O5S/c1-21-9-3-4-10(22-2)8(5-9)7-15-17-14-16-13(20)11(23-14)6-12(18)19/h3-5,7,11H,6H2,1-2H3,(H,18,19)(H,16,17,20)/b15-7+/t11-/m0/s1. The van der Waals surface area contributed by atoms with Gasteiger partial charge in [-0.2, -0.15) is 5.10 Å². The Balaban J connectivity index is 2.09. The number of nitrogens with one attached hydrogen (secondary N) is 1. The van der Waals surface area contributed by atoms with Crippen molar-refractivity contribution in [3.63, 3.8) is 0 Å². The van der Waals surface area contributed by atoms with E-state index in [4.69, 9.17) is 14.6 Å². The van der Waals surface area contributed by atoms with E-state index < -0.39 is 11.2 Å². The van der Waals surface area contributed by atoms with Crippen LogP contribution in [-0.4, -0.2) is 47.8 Å². The maximum absolute atomic E-state index is 11.6. The number of amidine groups is 1. The number of hydrogen-bond donors (Lipinski definition) is 2. The summed E-state index contributed by atoms with van der Waals surface area (Å²) in [6.07, 6.45) is 1.20. The average Bonchev–Trinajstić information content (AvgIpc) is 2.86. The van der Waals surface area contributed by atoms with Crippen molar-refractivity contribution < 1.29 is 24.2 Å². The van der Waals surface area contributed by atoms with Gasteiger partial charge in [-0.05, 0) is 18.2 Å². The first kappa shape index (κ1) is 16.8. The Morgan fingerprint density at radius 3 is 2.87 bits per heavy atom. The van der Waals surface area contributed by atoms with Gasteiger partial charge < -0.3 is 19.9 Å². The second kappa shape index (κ2) is 7.63. The fourth-order valence-electron chi connectivity index (χ4n) is 1.83. The van der Waals surface area contributed by atoms with Crippen LogP contribution in [0.2, 0.25) is 0 Å². The minimum atomic E-state index is -1.04. The minimum absolute atomic E-state index is 0.261. The Kier molecular flexibility index (Phi) is 5.58. The Morgan fingerprint density at radius 1 is 1.43 bits per heavy atom. The van der Waals surface area contributed by atoms with Gasteiger partial charge in [0.05, 0.1) is 26.9 Å². The third-order valence-corrected chi connectivity index (χ3v) is 3.99. The molecular weight excluding hydrogens is 322 g/mol. The summed E-state index contributed by atoms with van der Waals surface area (Å²) in [5, 5.41) is 18.6. The molecule has 8 nitrogen and oxygen atoms in total. The molecule has 23 heavy (non-hydrogen) atoms. The van der Waals surface area contributed by atoms with Crippen molar-refractivity contribution >= 4 is 35.0 Å². The zero-order valence-corrected chi connectivity index (χ0v) is 13.3. The van der Waals surface area contributed by atoms with Crippen molar-refractivity contribution in [2.24, 2.45) is 10.2 Å². The molecule has 122 valence electrons. The number of thioether (sulfide) groups is 1. The van der Waals surface area contributed by atoms with Crippen molar-refractivity contribution in [1.29, 1.82) is 0 Å². The van der Waals surface area contributed by atoms with Crippen molar-refractivity contribution in [2.75, 3.05) is 14.2 Å². The molecule has 2 rings (SSSR count). The maximum atomic E-state index is 11.6. The van der Waals surface area contributed by atoms with Gasteiger partial charge in [0.2, 0.25) is 5.91 Å². The van der Waals surface area contributed by atoms with Crippen molar-refractivity contribution in [1.82, 2.24) is 5.32 Å². The van der Waals surface area contributed by atoms with Crippen LogP contribution in [-0.2, 0) is 9.59 Å². The first-order valence-electron chi connectivity index (χ1n) is 6.56. The molecule has 1 aliphatic rings. The number of methoxy groups -OCH3 is 2. The summed E-state index contributed by atoms with van der Waals surface area (Å²) in [7, 11) is 3.09. The van der Waals surface area contributed by atoms with E-state index in [1.165, 1.54) is 13.3 Å². The topological polar surface area (TPSA) is 110 Å². The third-order valence-electron chi connectivity index (χ3n) is 2.92. The molecule has 0 spiro atoms. The number of carbonyl (C=O) groups excluding carboxylic acids is 1. The molecule has 0 radical (unpaired) electrons. The Labute approximate surface area is 136 Å². The molecule has 9 heteroatoms. The Bertz CT molecular complexity index is 674. The van der Waals surface area contributed by atoms with Crippen LogP contribution >= 0.6 is 11.8 Å². The predicted octanol–water partition coefficient (Wildman–Crippen LogP) is 1.10. The zero-order chi connectivity index (χ0) is 16.8. The van der Waals surface area contributed by atoms with E-state index in [0.29, 0.717) is 17.1 Å². The molecule has 0 aliphatic carbocycles. The van der Waals surface area contributed by atoms with Crippen LogP contribution in [0.1, 0.15) is 12.0 Å². The SMILES string of the molecule is COc1ccc(OC)c(/C=N/N=C2/NC(=O)[C@H](CC(=O)O)S2)c1. The van der Waals surface area contributed by atoms with Gasteiger partial charge in [0, 0.05) is 5.56 Å². The summed E-state index contributed by atoms with van der Waals surface area (Å²) in [6, 6.07) is 5.23. The second-order valence-corrected chi connectivity index (χ2v) is 5.64. The van der Waals surface area contributed by atoms with Crippen LogP contribution in [0, 0.1) is 0 Å². The highest BCUT2D eigenvalue weighted by atomic mass is 32.2. The van der Waals surface area contributed by atoms with Gasteiger partial charge >= 0.3 is 5.97 Å². The van der Waals surface area contributed by atoms with Crippen LogP contribution in [0.5, 0.6) is 11.5 Å². The van der Waals surface area contributed by atoms with E-state index in [1.54, 1.807) is 25.3 Å². The van der Waals surface area contributed by atoms with Crippen molar-refractivity contribution in [3.05, 3.63) is 23.8 Å². The van der Waals surface area contributed by atoms with E-state index >= 15 is 0 Å². The van der Waals surface area contributed by atoms with Crippen molar-refractivity contribution in [3.8, 4) is 11.5 Å². The van der Waals surface area contributed by atoms with E-state index in [9.17, 15) is 9.59 Å². The highest BCUT2D eigenvalue weighted by Crippen LogP contribution is 2.24. The number of amides is 1. The smallest absolute Gasteiger partial charge is 0.305 e. The average molecular weight is 337 g/mol. The molecule has 2 N–H and O–H groups in total. The van der Waals surface area contributed by atoms with Crippen LogP contribution in [0.15, 0.2) is 28.4 Å². The first-order chi connectivity index (χ1) is 11.0. The van der Waals surface area contributed by atoms with Gasteiger partial charge in [-0.1, -0.05) is 11.8 Å². The van der Waals surface area contributed by atoms with Gasteiger partial charge in [0.1, 0.15) is 16.7 Å². The molecule has 1 aliphatic heterocycles. The fourth-order valence-corrected chi connectivity index (χ4v) is 2.74. The summed E-state index contributed by atoms with van der Waals surface area (Å²) >= 11 is 1.04. The molecule has 0 aromatic heterocycles. The van der Waals surface area contributed by atoms with E-state index in [0.717, 1.165) is 11.8 Å². The molecule has 1 aromatic carbocycles. The molecule has 1 atom stereocenters. The van der Waals surface area contributed by atoms with Crippen LogP contribution in [0.4, 0.5) is 0 Å². The lowest BCUT2D eigenvalue weighted by Crippen LogP contribution is -2.26. The molecule has 1 aromatic rings. The van der Waals surface area contributed by atoms with Gasteiger partial charge in [-0.3, -0.25) is 9.59 Å². The largest absolute Gasteiger partial charge is 0.497 e. The van der Waals surface area contributed by atoms with E-state index in [-0.39, 0.29) is 17.5 Å². The number of carboxylic acids is 1. The monoisotopic (exact) mass is 337 g/mol. The molecule has 0 bridgehead atoms. The van der Waals surface area contributed by atoms with Crippen LogP contribution in [0.3, 0.4) is 0 Å². The summed E-state index contributed by atoms with van der Waals surface area (Å²) in [6.45, 7) is 0. The van der Waals surface area contributed by atoms with Gasteiger partial charge in [-0.15, -0.1) is 5.10 Å². The fraction of sp³-hybridized carbons (Fsp3) is 0.286. The van der Waals surface area contributed by atoms with Crippen LogP contribution < -0.4 is 14.8 Å².